The highest BCUT2D eigenvalue weighted by atomic mass is 16.5. The molecule has 0 aliphatic heterocycles. The zero-order chi connectivity index (χ0) is 14.8. The van der Waals surface area contributed by atoms with Gasteiger partial charge in [0.2, 0.25) is 0 Å². The van der Waals surface area contributed by atoms with Crippen LogP contribution in [-0.2, 0) is 9.47 Å². The average molecular weight is 276 g/mol. The molecule has 0 atom stereocenters. The van der Waals surface area contributed by atoms with Crippen LogP contribution in [0.1, 0.15) is 41.0 Å². The molecule has 0 heterocycles. The standard InChI is InChI=1S/C13H30N2O2.C2H6/c1-4-14-7-9-16-11-12-17-10-8-15-6-5-13(2)3;1-2/h13-15H,4-12H2,1-3H3;1-2H3. The van der Waals surface area contributed by atoms with Crippen LogP contribution in [0.25, 0.3) is 0 Å². The second kappa shape index (κ2) is 20.2. The summed E-state index contributed by atoms with van der Waals surface area (Å²) < 4.78 is 10.8. The predicted octanol–water partition coefficient (Wildman–Crippen LogP) is 2.29. The highest BCUT2D eigenvalue weighted by Crippen LogP contribution is 1.95. The van der Waals surface area contributed by atoms with Crippen LogP contribution in [0.3, 0.4) is 0 Å². The van der Waals surface area contributed by atoms with Crippen molar-refractivity contribution >= 4 is 0 Å². The van der Waals surface area contributed by atoms with Gasteiger partial charge in [-0.2, -0.15) is 0 Å². The fourth-order valence-electron chi connectivity index (χ4n) is 1.30. The zero-order valence-electron chi connectivity index (χ0n) is 13.8. The van der Waals surface area contributed by atoms with Crippen molar-refractivity contribution in [3.05, 3.63) is 0 Å². The van der Waals surface area contributed by atoms with E-state index in [-0.39, 0.29) is 0 Å². The molecule has 0 aliphatic carbocycles. The Hall–Kier alpha value is -0.160. The van der Waals surface area contributed by atoms with E-state index in [1.807, 2.05) is 13.8 Å². The number of hydrogen-bond acceptors (Lipinski definition) is 4. The van der Waals surface area contributed by atoms with Crippen LogP contribution in [0.15, 0.2) is 0 Å². The highest BCUT2D eigenvalue weighted by molar-refractivity contribution is 4.50. The van der Waals surface area contributed by atoms with Crippen molar-refractivity contribution in [1.29, 1.82) is 0 Å². The van der Waals surface area contributed by atoms with Gasteiger partial charge in [0.25, 0.3) is 0 Å². The van der Waals surface area contributed by atoms with Crippen molar-refractivity contribution in [3.8, 4) is 0 Å². The van der Waals surface area contributed by atoms with Gasteiger partial charge in [0.05, 0.1) is 26.4 Å². The van der Waals surface area contributed by atoms with Crippen LogP contribution in [-0.4, -0.2) is 52.6 Å². The molecule has 0 radical (unpaired) electrons. The maximum absolute atomic E-state index is 5.44. The van der Waals surface area contributed by atoms with E-state index in [0.29, 0.717) is 13.2 Å². The molecule has 4 heteroatoms. The van der Waals surface area contributed by atoms with Gasteiger partial charge in [-0.1, -0.05) is 34.6 Å². The Morgan fingerprint density at radius 1 is 0.789 bits per heavy atom. The van der Waals surface area contributed by atoms with Gasteiger partial charge >= 0.3 is 0 Å². The smallest absolute Gasteiger partial charge is 0.0701 e. The molecule has 0 aromatic carbocycles. The monoisotopic (exact) mass is 276 g/mol. The van der Waals surface area contributed by atoms with Crippen molar-refractivity contribution in [1.82, 2.24) is 10.6 Å². The van der Waals surface area contributed by atoms with Gasteiger partial charge in [-0.05, 0) is 25.4 Å². The second-order valence-electron chi connectivity index (χ2n) is 4.51. The summed E-state index contributed by atoms with van der Waals surface area (Å²) >= 11 is 0. The summed E-state index contributed by atoms with van der Waals surface area (Å²) in [5, 5.41) is 6.57. The number of nitrogens with one attached hydrogen (secondary N) is 2. The lowest BCUT2D eigenvalue weighted by atomic mass is 10.1. The van der Waals surface area contributed by atoms with E-state index in [2.05, 4.69) is 31.4 Å². The first kappa shape index (κ1) is 21.1. The number of hydrogen-bond donors (Lipinski definition) is 2. The van der Waals surface area contributed by atoms with Crippen LogP contribution in [0.4, 0.5) is 0 Å². The van der Waals surface area contributed by atoms with E-state index in [0.717, 1.165) is 45.3 Å². The molecule has 0 aromatic heterocycles. The van der Waals surface area contributed by atoms with E-state index in [9.17, 15) is 0 Å². The van der Waals surface area contributed by atoms with Gasteiger partial charge in [0.15, 0.2) is 0 Å². The maximum Gasteiger partial charge on any atom is 0.0701 e. The van der Waals surface area contributed by atoms with Gasteiger partial charge in [0, 0.05) is 13.1 Å². The van der Waals surface area contributed by atoms with E-state index >= 15 is 0 Å². The highest BCUT2D eigenvalue weighted by Gasteiger charge is 1.93. The van der Waals surface area contributed by atoms with Gasteiger partial charge in [-0.3, -0.25) is 0 Å². The molecule has 0 aliphatic rings. The number of likely N-dealkylation sites (N-methyl/N-ethyl adjacent to an activating group) is 1. The molecule has 118 valence electrons. The minimum Gasteiger partial charge on any atom is -0.378 e. The third-order valence-electron chi connectivity index (χ3n) is 2.37. The van der Waals surface area contributed by atoms with Crippen molar-refractivity contribution in [2.45, 2.75) is 41.0 Å². The molecular formula is C15H36N2O2. The molecule has 0 rings (SSSR count). The predicted molar refractivity (Wildman–Crippen MR) is 83.9 cm³/mol. The Morgan fingerprint density at radius 3 is 1.79 bits per heavy atom. The number of ether oxygens (including phenoxy) is 2. The van der Waals surface area contributed by atoms with Crippen LogP contribution in [0.5, 0.6) is 0 Å². The first-order valence-electron chi connectivity index (χ1n) is 7.84. The summed E-state index contributed by atoms with van der Waals surface area (Å²) in [5.41, 5.74) is 0. The van der Waals surface area contributed by atoms with Gasteiger partial charge in [-0.15, -0.1) is 0 Å². The summed E-state index contributed by atoms with van der Waals surface area (Å²) in [6.07, 6.45) is 1.23. The molecular weight excluding hydrogens is 240 g/mol. The lowest BCUT2D eigenvalue weighted by Gasteiger charge is -2.08. The zero-order valence-corrected chi connectivity index (χ0v) is 13.8. The van der Waals surface area contributed by atoms with E-state index in [4.69, 9.17) is 9.47 Å². The summed E-state index contributed by atoms with van der Waals surface area (Å²) in [5.74, 6) is 0.772. The first-order chi connectivity index (χ1) is 9.27. The van der Waals surface area contributed by atoms with Crippen LogP contribution >= 0.6 is 0 Å². The molecule has 0 fully saturated rings. The van der Waals surface area contributed by atoms with E-state index in [1.54, 1.807) is 0 Å². The minimum absolute atomic E-state index is 0.692. The van der Waals surface area contributed by atoms with Gasteiger partial charge < -0.3 is 20.1 Å². The molecule has 0 saturated heterocycles. The quantitative estimate of drug-likeness (QED) is 0.507. The van der Waals surface area contributed by atoms with Crippen molar-refractivity contribution in [2.75, 3.05) is 52.6 Å². The van der Waals surface area contributed by atoms with Crippen molar-refractivity contribution < 1.29 is 9.47 Å². The van der Waals surface area contributed by atoms with Crippen LogP contribution in [0.2, 0.25) is 0 Å². The SMILES string of the molecule is CC.CCNCCOCCOCCNCCC(C)C. The van der Waals surface area contributed by atoms with Crippen LogP contribution < -0.4 is 10.6 Å². The van der Waals surface area contributed by atoms with E-state index in [1.165, 1.54) is 6.42 Å². The average Bonchev–Trinajstić information content (AvgIpc) is 2.42. The molecule has 19 heavy (non-hydrogen) atoms. The van der Waals surface area contributed by atoms with Gasteiger partial charge in [0.1, 0.15) is 0 Å². The summed E-state index contributed by atoms with van der Waals surface area (Å²) in [4.78, 5) is 0. The normalized spacial score (nSPS) is 10.4. The van der Waals surface area contributed by atoms with Crippen molar-refractivity contribution in [3.63, 3.8) is 0 Å². The largest absolute Gasteiger partial charge is 0.378 e. The molecule has 0 unspecified atom stereocenters. The Labute approximate surface area is 120 Å². The topological polar surface area (TPSA) is 42.5 Å². The lowest BCUT2D eigenvalue weighted by molar-refractivity contribution is 0.0500. The second-order valence-corrected chi connectivity index (χ2v) is 4.51. The van der Waals surface area contributed by atoms with Gasteiger partial charge in [-0.25, -0.2) is 0 Å². The van der Waals surface area contributed by atoms with E-state index < -0.39 is 0 Å². The third kappa shape index (κ3) is 23.4. The lowest BCUT2D eigenvalue weighted by Crippen LogP contribution is -2.23. The maximum atomic E-state index is 5.44. The molecule has 0 amide bonds. The number of rotatable bonds is 13. The Morgan fingerprint density at radius 2 is 1.32 bits per heavy atom. The molecule has 0 saturated carbocycles. The first-order valence-corrected chi connectivity index (χ1v) is 7.84. The molecule has 0 bridgehead atoms. The van der Waals surface area contributed by atoms with Crippen molar-refractivity contribution in [2.24, 2.45) is 5.92 Å². The fourth-order valence-corrected chi connectivity index (χ4v) is 1.30. The molecule has 0 spiro atoms. The Kier molecular flexibility index (Phi) is 22.4. The van der Waals surface area contributed by atoms with Crippen LogP contribution in [0, 0.1) is 5.92 Å². The molecule has 4 nitrogen and oxygen atoms in total. The summed E-state index contributed by atoms with van der Waals surface area (Å²) in [6, 6.07) is 0. The summed E-state index contributed by atoms with van der Waals surface area (Å²) in [6.45, 7) is 17.4. The third-order valence-corrected chi connectivity index (χ3v) is 2.37. The molecule has 0 aromatic rings. The Bertz CT molecular complexity index is 144. The Balaban J connectivity index is 0. The summed E-state index contributed by atoms with van der Waals surface area (Å²) in [7, 11) is 0. The molecule has 2 N–H and O–H groups in total. The fraction of sp³-hybridized carbons (Fsp3) is 1.00. The minimum atomic E-state index is 0.692.